The Bertz CT molecular complexity index is 1110. The summed E-state index contributed by atoms with van der Waals surface area (Å²) in [6.45, 7) is 1.86. The van der Waals surface area contributed by atoms with Gasteiger partial charge in [0.2, 0.25) is 0 Å². The average molecular weight is 433 g/mol. The lowest BCUT2D eigenvalue weighted by Crippen LogP contribution is -2.42. The van der Waals surface area contributed by atoms with Crippen LogP contribution in [-0.2, 0) is 9.53 Å². The van der Waals surface area contributed by atoms with Crippen LogP contribution in [0, 0.1) is 5.92 Å². The second kappa shape index (κ2) is 9.81. The van der Waals surface area contributed by atoms with Gasteiger partial charge >= 0.3 is 5.97 Å². The number of amides is 1. The van der Waals surface area contributed by atoms with Gasteiger partial charge in [-0.05, 0) is 55.2 Å². The summed E-state index contributed by atoms with van der Waals surface area (Å²) in [5.74, 6) is 0.392. The SMILES string of the molecule is COc1ccc(-c2cc(C(=O)OCC(=O)N[C@@H]3CCCC[C@H]3C)c3ccccc3n2)cc1. The van der Waals surface area contributed by atoms with E-state index in [9.17, 15) is 9.59 Å². The monoisotopic (exact) mass is 432 g/mol. The highest BCUT2D eigenvalue weighted by molar-refractivity contribution is 6.05. The second-order valence-electron chi connectivity index (χ2n) is 8.31. The number of fused-ring (bicyclic) bond motifs is 1. The number of aromatic nitrogens is 1. The number of benzene rings is 2. The van der Waals surface area contributed by atoms with Crippen molar-refractivity contribution in [1.29, 1.82) is 0 Å². The third kappa shape index (κ3) is 4.90. The van der Waals surface area contributed by atoms with Crippen LogP contribution in [0.5, 0.6) is 5.75 Å². The van der Waals surface area contributed by atoms with E-state index in [0.29, 0.717) is 28.1 Å². The molecule has 1 aromatic heterocycles. The minimum absolute atomic E-state index is 0.151. The molecule has 1 saturated carbocycles. The predicted molar refractivity (Wildman–Crippen MR) is 124 cm³/mol. The Morgan fingerprint density at radius 2 is 1.81 bits per heavy atom. The van der Waals surface area contributed by atoms with E-state index in [4.69, 9.17) is 14.5 Å². The molecule has 32 heavy (non-hydrogen) atoms. The Morgan fingerprint density at radius 3 is 2.56 bits per heavy atom. The minimum Gasteiger partial charge on any atom is -0.497 e. The van der Waals surface area contributed by atoms with Gasteiger partial charge in [-0.2, -0.15) is 0 Å². The van der Waals surface area contributed by atoms with Crippen LogP contribution in [-0.4, -0.2) is 36.6 Å². The number of nitrogens with zero attached hydrogens (tertiary/aromatic N) is 1. The Kier molecular flexibility index (Phi) is 6.69. The molecule has 6 nitrogen and oxygen atoms in total. The number of rotatable bonds is 6. The molecule has 6 heteroatoms. The van der Waals surface area contributed by atoms with Crippen LogP contribution in [0.2, 0.25) is 0 Å². The van der Waals surface area contributed by atoms with Crippen molar-refractivity contribution >= 4 is 22.8 Å². The van der Waals surface area contributed by atoms with Crippen LogP contribution in [0.1, 0.15) is 43.0 Å². The Morgan fingerprint density at radius 1 is 1.06 bits per heavy atom. The standard InChI is InChI=1S/C26H28N2O4/c1-17-7-3-5-9-22(17)28-25(29)16-32-26(30)21-15-24(18-11-13-19(31-2)14-12-18)27-23-10-6-4-8-20(21)23/h4,6,8,10-15,17,22H,3,5,7,9,16H2,1-2H3,(H,28,29)/t17-,22-/m1/s1. The molecule has 0 bridgehead atoms. The fourth-order valence-electron chi connectivity index (χ4n) is 4.24. The van der Waals surface area contributed by atoms with Crippen molar-refractivity contribution in [2.75, 3.05) is 13.7 Å². The molecular formula is C26H28N2O4. The summed E-state index contributed by atoms with van der Waals surface area (Å²) in [4.78, 5) is 30.0. The van der Waals surface area contributed by atoms with Gasteiger partial charge in [0.25, 0.3) is 5.91 Å². The van der Waals surface area contributed by atoms with Crippen molar-refractivity contribution in [2.45, 2.75) is 38.6 Å². The minimum atomic E-state index is -0.537. The summed E-state index contributed by atoms with van der Waals surface area (Å²) < 4.78 is 10.6. The maximum atomic E-state index is 13.0. The third-order valence-corrected chi connectivity index (χ3v) is 6.11. The first-order valence-electron chi connectivity index (χ1n) is 11.1. The van der Waals surface area contributed by atoms with E-state index >= 15 is 0 Å². The summed E-state index contributed by atoms with van der Waals surface area (Å²) in [5.41, 5.74) is 2.59. The molecule has 1 aliphatic rings. The number of carbonyl (C=O) groups excluding carboxylic acids is 2. The number of esters is 1. The first-order valence-corrected chi connectivity index (χ1v) is 11.1. The number of hydrogen-bond donors (Lipinski definition) is 1. The molecule has 1 aliphatic carbocycles. The molecule has 2 atom stereocenters. The van der Waals surface area contributed by atoms with Crippen LogP contribution in [0.4, 0.5) is 0 Å². The number of ether oxygens (including phenoxy) is 2. The lowest BCUT2D eigenvalue weighted by Gasteiger charge is -2.29. The van der Waals surface area contributed by atoms with Crippen molar-refractivity contribution in [2.24, 2.45) is 5.92 Å². The fraction of sp³-hybridized carbons (Fsp3) is 0.346. The molecule has 0 aliphatic heterocycles. The van der Waals surface area contributed by atoms with Crippen LogP contribution in [0.25, 0.3) is 22.2 Å². The zero-order valence-corrected chi connectivity index (χ0v) is 18.5. The summed E-state index contributed by atoms with van der Waals surface area (Å²) in [6, 6.07) is 16.8. The first-order chi connectivity index (χ1) is 15.5. The van der Waals surface area contributed by atoms with Gasteiger partial charge in [-0.3, -0.25) is 4.79 Å². The first kappa shape index (κ1) is 21.8. The van der Waals surface area contributed by atoms with E-state index in [1.54, 1.807) is 13.2 Å². The fourth-order valence-corrected chi connectivity index (χ4v) is 4.24. The predicted octanol–water partition coefficient (Wildman–Crippen LogP) is 4.76. The summed E-state index contributed by atoms with van der Waals surface area (Å²) in [7, 11) is 1.61. The molecule has 0 unspecified atom stereocenters. The second-order valence-corrected chi connectivity index (χ2v) is 8.31. The number of para-hydroxylation sites is 1. The van der Waals surface area contributed by atoms with Crippen molar-refractivity contribution in [3.8, 4) is 17.0 Å². The van der Waals surface area contributed by atoms with Crippen LogP contribution in [0.3, 0.4) is 0 Å². The van der Waals surface area contributed by atoms with Gasteiger partial charge in [-0.1, -0.05) is 38.0 Å². The molecule has 0 spiro atoms. The molecule has 0 radical (unpaired) electrons. The van der Waals surface area contributed by atoms with E-state index in [1.807, 2.05) is 48.5 Å². The number of carbonyl (C=O) groups is 2. The molecule has 0 saturated heterocycles. The number of hydrogen-bond acceptors (Lipinski definition) is 5. The maximum Gasteiger partial charge on any atom is 0.339 e. The average Bonchev–Trinajstić information content (AvgIpc) is 2.83. The van der Waals surface area contributed by atoms with Crippen molar-refractivity contribution in [1.82, 2.24) is 10.3 Å². The van der Waals surface area contributed by atoms with E-state index in [2.05, 4.69) is 12.2 Å². The Labute approximate surface area is 187 Å². The summed E-state index contributed by atoms with van der Waals surface area (Å²) in [6.07, 6.45) is 4.41. The molecule has 1 heterocycles. The lowest BCUT2D eigenvalue weighted by atomic mass is 9.86. The van der Waals surface area contributed by atoms with Crippen molar-refractivity contribution in [3.05, 3.63) is 60.2 Å². The summed E-state index contributed by atoms with van der Waals surface area (Å²) >= 11 is 0. The highest BCUT2D eigenvalue weighted by atomic mass is 16.5. The molecule has 1 N–H and O–H groups in total. The van der Waals surface area contributed by atoms with Crippen LogP contribution >= 0.6 is 0 Å². The smallest absolute Gasteiger partial charge is 0.339 e. The third-order valence-electron chi connectivity index (χ3n) is 6.11. The number of methoxy groups -OCH3 is 1. The van der Waals surface area contributed by atoms with Crippen LogP contribution in [0.15, 0.2) is 54.6 Å². The maximum absolute atomic E-state index is 13.0. The van der Waals surface area contributed by atoms with E-state index < -0.39 is 5.97 Å². The highest BCUT2D eigenvalue weighted by Crippen LogP contribution is 2.27. The van der Waals surface area contributed by atoms with E-state index in [1.165, 1.54) is 6.42 Å². The largest absolute Gasteiger partial charge is 0.497 e. The van der Waals surface area contributed by atoms with E-state index in [-0.39, 0.29) is 18.6 Å². The summed E-state index contributed by atoms with van der Waals surface area (Å²) in [5, 5.41) is 3.71. The topological polar surface area (TPSA) is 77.5 Å². The van der Waals surface area contributed by atoms with Crippen LogP contribution < -0.4 is 10.1 Å². The molecule has 1 fully saturated rings. The Hall–Kier alpha value is -3.41. The Balaban J connectivity index is 1.53. The van der Waals surface area contributed by atoms with Crippen molar-refractivity contribution < 1.29 is 19.1 Å². The van der Waals surface area contributed by atoms with Gasteiger partial charge in [0.1, 0.15) is 5.75 Å². The zero-order chi connectivity index (χ0) is 22.5. The van der Waals surface area contributed by atoms with Crippen molar-refractivity contribution in [3.63, 3.8) is 0 Å². The van der Waals surface area contributed by atoms with Gasteiger partial charge in [-0.25, -0.2) is 9.78 Å². The van der Waals surface area contributed by atoms with E-state index in [0.717, 1.165) is 30.6 Å². The molecule has 4 rings (SSSR count). The van der Waals surface area contributed by atoms with Gasteiger partial charge in [0.05, 0.1) is 23.9 Å². The molecule has 1 amide bonds. The number of nitrogens with one attached hydrogen (secondary N) is 1. The molecular weight excluding hydrogens is 404 g/mol. The molecule has 2 aromatic carbocycles. The van der Waals surface area contributed by atoms with Gasteiger partial charge < -0.3 is 14.8 Å². The lowest BCUT2D eigenvalue weighted by molar-refractivity contribution is -0.125. The van der Waals surface area contributed by atoms with Gasteiger partial charge in [0.15, 0.2) is 6.61 Å². The molecule has 166 valence electrons. The number of pyridine rings is 1. The van der Waals surface area contributed by atoms with Gasteiger partial charge in [-0.15, -0.1) is 0 Å². The molecule has 3 aromatic rings. The normalized spacial score (nSPS) is 18.2. The zero-order valence-electron chi connectivity index (χ0n) is 18.5. The highest BCUT2D eigenvalue weighted by Gasteiger charge is 2.23. The van der Waals surface area contributed by atoms with Gasteiger partial charge in [0, 0.05) is 17.0 Å². The quantitative estimate of drug-likeness (QED) is 0.568.